The minimum atomic E-state index is -3.35. The van der Waals surface area contributed by atoms with E-state index < -0.39 is 16.1 Å². The Balaban J connectivity index is 1.51. The van der Waals surface area contributed by atoms with Gasteiger partial charge in [0.05, 0.1) is 6.26 Å². The molecule has 1 unspecified atom stereocenters. The summed E-state index contributed by atoms with van der Waals surface area (Å²) in [6.07, 6.45) is 7.91. The van der Waals surface area contributed by atoms with Crippen molar-refractivity contribution in [1.29, 1.82) is 0 Å². The number of carbonyl (C=O) groups excluding carboxylic acids is 2. The van der Waals surface area contributed by atoms with Crippen LogP contribution >= 0.6 is 0 Å². The standard InChI is InChI=1S/C17H29N3O4S/c1-25(23,24)20-8-4-7-15(20)17(22)19-11-9-18(10-12-19)16(21)13-14-5-2-3-6-14/h14-15H,2-13H2,1H3. The van der Waals surface area contributed by atoms with Crippen LogP contribution in [0.2, 0.25) is 0 Å². The number of carbonyl (C=O) groups is 2. The fourth-order valence-electron chi connectivity index (χ4n) is 4.36. The minimum Gasteiger partial charge on any atom is -0.339 e. The second kappa shape index (κ2) is 7.61. The molecule has 2 heterocycles. The number of amides is 2. The van der Waals surface area contributed by atoms with E-state index in [-0.39, 0.29) is 11.8 Å². The molecule has 8 heteroatoms. The third-order valence-electron chi connectivity index (χ3n) is 5.80. The summed E-state index contributed by atoms with van der Waals surface area (Å²) in [7, 11) is -3.35. The average molecular weight is 372 g/mol. The predicted molar refractivity (Wildman–Crippen MR) is 94.3 cm³/mol. The second-order valence-electron chi connectivity index (χ2n) is 7.59. The van der Waals surface area contributed by atoms with E-state index >= 15 is 0 Å². The molecule has 2 amide bonds. The maximum Gasteiger partial charge on any atom is 0.241 e. The number of hydrogen-bond acceptors (Lipinski definition) is 4. The van der Waals surface area contributed by atoms with Crippen molar-refractivity contribution in [2.75, 3.05) is 39.0 Å². The third-order valence-corrected chi connectivity index (χ3v) is 7.09. The van der Waals surface area contributed by atoms with Crippen molar-refractivity contribution in [1.82, 2.24) is 14.1 Å². The van der Waals surface area contributed by atoms with Gasteiger partial charge in [0.2, 0.25) is 21.8 Å². The maximum atomic E-state index is 12.7. The van der Waals surface area contributed by atoms with Gasteiger partial charge in [0.15, 0.2) is 0 Å². The van der Waals surface area contributed by atoms with E-state index in [0.29, 0.717) is 51.5 Å². The molecular formula is C17H29N3O4S. The van der Waals surface area contributed by atoms with Crippen LogP contribution < -0.4 is 0 Å². The Hall–Kier alpha value is -1.15. The smallest absolute Gasteiger partial charge is 0.241 e. The van der Waals surface area contributed by atoms with Gasteiger partial charge in [-0.15, -0.1) is 0 Å². The lowest BCUT2D eigenvalue weighted by atomic mass is 10.0. The first-order valence-electron chi connectivity index (χ1n) is 9.39. The number of piperazine rings is 1. The molecule has 1 atom stereocenters. The summed E-state index contributed by atoms with van der Waals surface area (Å²) < 4.78 is 25.0. The third kappa shape index (κ3) is 4.34. The van der Waals surface area contributed by atoms with Crippen LogP contribution in [0.3, 0.4) is 0 Å². The Labute approximate surface area is 150 Å². The van der Waals surface area contributed by atoms with Gasteiger partial charge in [0.1, 0.15) is 6.04 Å². The molecule has 7 nitrogen and oxygen atoms in total. The molecular weight excluding hydrogens is 342 g/mol. The quantitative estimate of drug-likeness (QED) is 0.727. The summed E-state index contributed by atoms with van der Waals surface area (Å²) in [4.78, 5) is 28.7. The lowest BCUT2D eigenvalue weighted by Crippen LogP contribution is -2.55. The molecule has 0 radical (unpaired) electrons. The van der Waals surface area contributed by atoms with Crippen LogP contribution in [0, 0.1) is 5.92 Å². The molecule has 0 spiro atoms. The Morgan fingerprint density at radius 2 is 1.48 bits per heavy atom. The van der Waals surface area contributed by atoms with Crippen molar-refractivity contribution < 1.29 is 18.0 Å². The molecule has 3 aliphatic rings. The zero-order valence-corrected chi connectivity index (χ0v) is 15.8. The monoisotopic (exact) mass is 371 g/mol. The van der Waals surface area contributed by atoms with Crippen molar-refractivity contribution in [2.45, 2.75) is 51.0 Å². The van der Waals surface area contributed by atoms with Gasteiger partial charge in [-0.1, -0.05) is 12.8 Å². The van der Waals surface area contributed by atoms with Gasteiger partial charge in [-0.2, -0.15) is 4.31 Å². The molecule has 0 aromatic rings. The second-order valence-corrected chi connectivity index (χ2v) is 9.53. The summed E-state index contributed by atoms with van der Waals surface area (Å²) in [5, 5.41) is 0. The van der Waals surface area contributed by atoms with Crippen LogP contribution in [-0.2, 0) is 19.6 Å². The first-order chi connectivity index (χ1) is 11.9. The van der Waals surface area contributed by atoms with Crippen LogP contribution in [0.5, 0.6) is 0 Å². The number of rotatable bonds is 4. The lowest BCUT2D eigenvalue weighted by molar-refractivity contribution is -0.142. The van der Waals surface area contributed by atoms with Crippen molar-refractivity contribution in [3.63, 3.8) is 0 Å². The van der Waals surface area contributed by atoms with Crippen LogP contribution in [0.1, 0.15) is 44.9 Å². The van der Waals surface area contributed by atoms with E-state index in [0.717, 1.165) is 25.5 Å². The molecule has 0 aromatic carbocycles. The summed E-state index contributed by atoms with van der Waals surface area (Å²) in [6.45, 7) is 2.55. The fourth-order valence-corrected chi connectivity index (χ4v) is 5.48. The highest BCUT2D eigenvalue weighted by Crippen LogP contribution is 2.28. The Kier molecular flexibility index (Phi) is 5.68. The summed E-state index contributed by atoms with van der Waals surface area (Å²) in [5.41, 5.74) is 0. The lowest BCUT2D eigenvalue weighted by Gasteiger charge is -2.37. The maximum absolute atomic E-state index is 12.7. The molecule has 0 aromatic heterocycles. The van der Waals surface area contributed by atoms with E-state index in [2.05, 4.69) is 0 Å². The van der Waals surface area contributed by atoms with Gasteiger partial charge in [0.25, 0.3) is 0 Å². The van der Waals surface area contributed by atoms with E-state index in [9.17, 15) is 18.0 Å². The minimum absolute atomic E-state index is 0.106. The summed E-state index contributed by atoms with van der Waals surface area (Å²) in [6, 6.07) is -0.559. The normalized spacial score (nSPS) is 26.4. The topological polar surface area (TPSA) is 78.0 Å². The van der Waals surface area contributed by atoms with Gasteiger partial charge in [-0.3, -0.25) is 9.59 Å². The van der Waals surface area contributed by atoms with Gasteiger partial charge in [-0.25, -0.2) is 8.42 Å². The van der Waals surface area contributed by atoms with Gasteiger partial charge >= 0.3 is 0 Å². The highest BCUT2D eigenvalue weighted by molar-refractivity contribution is 7.88. The number of nitrogens with zero attached hydrogens (tertiary/aromatic N) is 3. The van der Waals surface area contributed by atoms with Crippen molar-refractivity contribution in [3.8, 4) is 0 Å². The summed E-state index contributed by atoms with van der Waals surface area (Å²) in [5.74, 6) is 0.636. The first-order valence-corrected chi connectivity index (χ1v) is 11.2. The Morgan fingerprint density at radius 3 is 2.08 bits per heavy atom. The molecule has 0 N–H and O–H groups in total. The van der Waals surface area contributed by atoms with E-state index in [1.165, 1.54) is 17.1 Å². The van der Waals surface area contributed by atoms with Crippen molar-refractivity contribution in [3.05, 3.63) is 0 Å². The predicted octanol–water partition coefficient (Wildman–Crippen LogP) is 0.662. The molecule has 2 aliphatic heterocycles. The van der Waals surface area contributed by atoms with Crippen LogP contribution in [0.15, 0.2) is 0 Å². The average Bonchev–Trinajstić information content (AvgIpc) is 3.25. The SMILES string of the molecule is CS(=O)(=O)N1CCCC1C(=O)N1CCN(C(=O)CC2CCCC2)CC1. The van der Waals surface area contributed by atoms with Crippen LogP contribution in [0.4, 0.5) is 0 Å². The first kappa shape index (κ1) is 18.6. The molecule has 2 saturated heterocycles. The molecule has 1 aliphatic carbocycles. The van der Waals surface area contributed by atoms with Gasteiger partial charge < -0.3 is 9.80 Å². The molecule has 3 rings (SSSR count). The number of sulfonamides is 1. The molecule has 0 bridgehead atoms. The molecule has 1 saturated carbocycles. The van der Waals surface area contributed by atoms with Crippen LogP contribution in [0.25, 0.3) is 0 Å². The van der Waals surface area contributed by atoms with Crippen molar-refractivity contribution in [2.24, 2.45) is 5.92 Å². The molecule has 25 heavy (non-hydrogen) atoms. The van der Waals surface area contributed by atoms with Crippen molar-refractivity contribution >= 4 is 21.8 Å². The van der Waals surface area contributed by atoms with Gasteiger partial charge in [-0.05, 0) is 31.6 Å². The van der Waals surface area contributed by atoms with E-state index in [1.54, 1.807) is 4.90 Å². The molecule has 142 valence electrons. The summed E-state index contributed by atoms with van der Waals surface area (Å²) >= 11 is 0. The number of hydrogen-bond donors (Lipinski definition) is 0. The highest BCUT2D eigenvalue weighted by atomic mass is 32.2. The van der Waals surface area contributed by atoms with Gasteiger partial charge in [0, 0.05) is 39.1 Å². The fraction of sp³-hybridized carbons (Fsp3) is 0.882. The Morgan fingerprint density at radius 1 is 0.880 bits per heavy atom. The molecule has 3 fully saturated rings. The zero-order valence-electron chi connectivity index (χ0n) is 15.0. The van der Waals surface area contributed by atoms with Crippen LogP contribution in [-0.4, -0.2) is 79.4 Å². The zero-order chi connectivity index (χ0) is 18.0. The largest absolute Gasteiger partial charge is 0.339 e. The Bertz CT molecular complexity index is 607. The van der Waals surface area contributed by atoms with E-state index in [1.807, 2.05) is 4.90 Å². The van der Waals surface area contributed by atoms with E-state index in [4.69, 9.17) is 0 Å². The highest BCUT2D eigenvalue weighted by Gasteiger charge is 2.39.